The summed E-state index contributed by atoms with van der Waals surface area (Å²) in [7, 11) is 2.24. The quantitative estimate of drug-likeness (QED) is 0.899. The molecule has 1 amide bonds. The van der Waals surface area contributed by atoms with Crippen LogP contribution in [-0.4, -0.2) is 36.0 Å². The van der Waals surface area contributed by atoms with Crippen LogP contribution in [0.4, 0.5) is 0 Å². The molecule has 0 spiro atoms. The minimum atomic E-state index is 0.0464. The van der Waals surface area contributed by atoms with Crippen molar-refractivity contribution in [1.82, 2.24) is 10.2 Å². The van der Waals surface area contributed by atoms with Gasteiger partial charge < -0.3 is 10.2 Å². The third-order valence-corrected chi connectivity index (χ3v) is 5.49. The predicted molar refractivity (Wildman–Crippen MR) is 83.8 cm³/mol. The Balaban J connectivity index is 1.67. The molecular weight excluding hydrogens is 316 g/mol. The van der Waals surface area contributed by atoms with Gasteiger partial charge in [-0.1, -0.05) is 18.6 Å². The molecule has 2 heterocycles. The van der Waals surface area contributed by atoms with Gasteiger partial charge in [-0.05, 0) is 60.8 Å². The van der Waals surface area contributed by atoms with E-state index in [-0.39, 0.29) is 5.91 Å². The van der Waals surface area contributed by atoms with E-state index in [1.54, 1.807) is 0 Å². The van der Waals surface area contributed by atoms with Crippen molar-refractivity contribution in [3.8, 4) is 0 Å². The second-order valence-electron chi connectivity index (χ2n) is 6.03. The van der Waals surface area contributed by atoms with Crippen LogP contribution >= 0.6 is 15.9 Å². The van der Waals surface area contributed by atoms with Crippen LogP contribution in [0.3, 0.4) is 0 Å². The molecule has 20 heavy (non-hydrogen) atoms. The van der Waals surface area contributed by atoms with Crippen molar-refractivity contribution in [2.24, 2.45) is 0 Å². The number of amides is 1. The third kappa shape index (κ3) is 2.77. The highest BCUT2D eigenvalue weighted by Crippen LogP contribution is 2.32. The maximum Gasteiger partial charge on any atom is 0.252 e. The molecule has 108 valence electrons. The summed E-state index contributed by atoms with van der Waals surface area (Å²) in [6.45, 7) is 0. The number of halogens is 1. The summed E-state index contributed by atoms with van der Waals surface area (Å²) in [5, 5.41) is 3.23. The largest absolute Gasteiger partial charge is 0.349 e. The number of fused-ring (bicyclic) bond motifs is 2. The van der Waals surface area contributed by atoms with E-state index in [2.05, 4.69) is 33.2 Å². The van der Waals surface area contributed by atoms with Gasteiger partial charge in [-0.25, -0.2) is 0 Å². The normalized spacial score (nSPS) is 30.0. The number of benzene rings is 1. The zero-order chi connectivity index (χ0) is 14.1. The van der Waals surface area contributed by atoms with Crippen LogP contribution in [0.1, 0.15) is 42.5 Å². The van der Waals surface area contributed by atoms with Crippen molar-refractivity contribution in [3.63, 3.8) is 0 Å². The Morgan fingerprint density at radius 1 is 1.25 bits per heavy atom. The molecule has 1 aromatic rings. The molecule has 0 aliphatic carbocycles. The minimum Gasteiger partial charge on any atom is -0.349 e. The van der Waals surface area contributed by atoms with E-state index < -0.39 is 0 Å². The van der Waals surface area contributed by atoms with E-state index in [0.29, 0.717) is 18.1 Å². The average Bonchev–Trinajstić information content (AvgIpc) is 2.40. The highest BCUT2D eigenvalue weighted by Gasteiger charge is 2.36. The van der Waals surface area contributed by atoms with E-state index in [4.69, 9.17) is 0 Å². The Morgan fingerprint density at radius 3 is 2.55 bits per heavy atom. The molecule has 2 bridgehead atoms. The highest BCUT2D eigenvalue weighted by atomic mass is 79.9. The summed E-state index contributed by atoms with van der Waals surface area (Å²) in [5.41, 5.74) is 0.733. The molecule has 3 nitrogen and oxygen atoms in total. The maximum atomic E-state index is 12.4. The van der Waals surface area contributed by atoms with Crippen molar-refractivity contribution < 1.29 is 4.79 Å². The Bertz CT molecular complexity index is 491. The van der Waals surface area contributed by atoms with Gasteiger partial charge in [0, 0.05) is 22.6 Å². The van der Waals surface area contributed by atoms with Crippen molar-refractivity contribution in [2.45, 2.75) is 50.2 Å². The lowest BCUT2D eigenvalue weighted by Crippen LogP contribution is -2.55. The maximum absolute atomic E-state index is 12.4. The molecule has 2 fully saturated rings. The SMILES string of the molecule is CN1C2CCCC1CC(NC(=O)c1ccccc1Br)C2. The van der Waals surface area contributed by atoms with Gasteiger partial charge in [0.1, 0.15) is 0 Å². The molecule has 3 rings (SSSR count). The first kappa shape index (κ1) is 14.1. The fraction of sp³-hybridized carbons (Fsp3) is 0.562. The molecule has 2 aliphatic heterocycles. The Morgan fingerprint density at radius 2 is 1.90 bits per heavy atom. The van der Waals surface area contributed by atoms with Gasteiger partial charge >= 0.3 is 0 Å². The summed E-state index contributed by atoms with van der Waals surface area (Å²) in [4.78, 5) is 14.9. The number of carbonyl (C=O) groups excluding carboxylic acids is 1. The second-order valence-corrected chi connectivity index (χ2v) is 6.88. The van der Waals surface area contributed by atoms with Gasteiger partial charge in [-0.3, -0.25) is 4.79 Å². The van der Waals surface area contributed by atoms with Gasteiger partial charge in [0.2, 0.25) is 0 Å². The van der Waals surface area contributed by atoms with Crippen molar-refractivity contribution in [2.75, 3.05) is 7.05 Å². The number of hydrogen-bond donors (Lipinski definition) is 1. The number of piperidine rings is 2. The molecule has 0 radical (unpaired) electrons. The summed E-state index contributed by atoms with van der Waals surface area (Å²) in [5.74, 6) is 0.0464. The van der Waals surface area contributed by atoms with Crippen LogP contribution in [0.5, 0.6) is 0 Å². The third-order valence-electron chi connectivity index (χ3n) is 4.79. The molecule has 2 saturated heterocycles. The van der Waals surface area contributed by atoms with Crippen LogP contribution in [0.2, 0.25) is 0 Å². The monoisotopic (exact) mass is 336 g/mol. The Kier molecular flexibility index (Phi) is 4.13. The Labute approximate surface area is 128 Å². The lowest BCUT2D eigenvalue weighted by molar-refractivity contribution is 0.0463. The van der Waals surface area contributed by atoms with Crippen molar-refractivity contribution in [1.29, 1.82) is 0 Å². The van der Waals surface area contributed by atoms with Crippen molar-refractivity contribution in [3.05, 3.63) is 34.3 Å². The summed E-state index contributed by atoms with van der Waals surface area (Å²) in [6, 6.07) is 9.23. The van der Waals surface area contributed by atoms with E-state index >= 15 is 0 Å². The zero-order valence-electron chi connectivity index (χ0n) is 11.8. The summed E-state index contributed by atoms with van der Waals surface area (Å²) < 4.78 is 0.866. The van der Waals surface area contributed by atoms with Crippen LogP contribution < -0.4 is 5.32 Å². The molecule has 2 aliphatic rings. The molecule has 4 heteroatoms. The molecular formula is C16H21BrN2O. The Hall–Kier alpha value is -0.870. The summed E-state index contributed by atoms with van der Waals surface area (Å²) >= 11 is 3.45. The average molecular weight is 337 g/mol. The molecule has 0 aromatic heterocycles. The van der Waals surface area contributed by atoms with Gasteiger partial charge in [-0.15, -0.1) is 0 Å². The fourth-order valence-corrected chi connectivity index (χ4v) is 4.11. The zero-order valence-corrected chi connectivity index (χ0v) is 13.4. The van der Waals surface area contributed by atoms with Crippen LogP contribution in [-0.2, 0) is 0 Å². The van der Waals surface area contributed by atoms with E-state index in [1.165, 1.54) is 19.3 Å². The first-order valence-corrected chi connectivity index (χ1v) is 8.22. The van der Waals surface area contributed by atoms with Crippen molar-refractivity contribution >= 4 is 21.8 Å². The lowest BCUT2D eigenvalue weighted by atomic mass is 9.82. The van der Waals surface area contributed by atoms with E-state index in [0.717, 1.165) is 22.9 Å². The number of hydrogen-bond acceptors (Lipinski definition) is 2. The van der Waals surface area contributed by atoms with Gasteiger partial charge in [0.15, 0.2) is 0 Å². The molecule has 1 aromatic carbocycles. The fourth-order valence-electron chi connectivity index (χ4n) is 3.64. The van der Waals surface area contributed by atoms with Crippen LogP contribution in [0.15, 0.2) is 28.7 Å². The smallest absolute Gasteiger partial charge is 0.252 e. The van der Waals surface area contributed by atoms with Crippen LogP contribution in [0, 0.1) is 0 Å². The molecule has 2 atom stereocenters. The first-order chi connectivity index (χ1) is 9.65. The number of nitrogens with one attached hydrogen (secondary N) is 1. The van der Waals surface area contributed by atoms with Gasteiger partial charge in [0.05, 0.1) is 5.56 Å². The molecule has 1 N–H and O–H groups in total. The first-order valence-electron chi connectivity index (χ1n) is 7.42. The number of carbonyl (C=O) groups is 1. The van der Waals surface area contributed by atoms with Crippen LogP contribution in [0.25, 0.3) is 0 Å². The summed E-state index contributed by atoms with van der Waals surface area (Å²) in [6.07, 6.45) is 6.06. The molecule has 0 saturated carbocycles. The predicted octanol–water partition coefficient (Wildman–Crippen LogP) is 3.19. The van der Waals surface area contributed by atoms with E-state index in [1.807, 2.05) is 24.3 Å². The van der Waals surface area contributed by atoms with Gasteiger partial charge in [-0.2, -0.15) is 0 Å². The lowest BCUT2D eigenvalue weighted by Gasteiger charge is -2.47. The molecule has 2 unspecified atom stereocenters. The standard InChI is InChI=1S/C16H21BrN2O/c1-19-12-5-4-6-13(19)10-11(9-12)18-16(20)14-7-2-3-8-15(14)17/h2-3,7-8,11-13H,4-6,9-10H2,1H3,(H,18,20). The minimum absolute atomic E-state index is 0.0464. The van der Waals surface area contributed by atoms with E-state index in [9.17, 15) is 4.79 Å². The number of rotatable bonds is 2. The number of nitrogens with zero attached hydrogens (tertiary/aromatic N) is 1. The highest BCUT2D eigenvalue weighted by molar-refractivity contribution is 9.10. The topological polar surface area (TPSA) is 32.3 Å². The second kappa shape index (κ2) is 5.86. The van der Waals surface area contributed by atoms with Gasteiger partial charge in [0.25, 0.3) is 5.91 Å².